The third-order valence-corrected chi connectivity index (χ3v) is 2.53. The number of rotatable bonds is 5. The Kier molecular flexibility index (Phi) is 4.46. The van der Waals surface area contributed by atoms with Crippen LogP contribution in [-0.4, -0.2) is 4.98 Å². The molecule has 0 aromatic carbocycles. The van der Waals surface area contributed by atoms with Crippen molar-refractivity contribution in [3.8, 4) is 0 Å². The molecule has 0 fully saturated rings. The van der Waals surface area contributed by atoms with E-state index in [1.807, 2.05) is 19.2 Å². The fraction of sp³-hybridized carbons (Fsp3) is 0.417. The largest absolute Gasteiger partial charge is 0.271 e. The normalized spacial score (nSPS) is 12.5. The van der Waals surface area contributed by atoms with E-state index in [1.165, 1.54) is 5.57 Å². The lowest BCUT2D eigenvalue weighted by Gasteiger charge is -2.16. The van der Waals surface area contributed by atoms with Crippen molar-refractivity contribution in [2.45, 2.75) is 32.7 Å². The van der Waals surface area contributed by atoms with Gasteiger partial charge in [0.25, 0.3) is 0 Å². The van der Waals surface area contributed by atoms with Crippen LogP contribution in [0.2, 0.25) is 0 Å². The first-order valence-electron chi connectivity index (χ1n) is 5.22. The zero-order valence-corrected chi connectivity index (χ0v) is 9.46. The third-order valence-electron chi connectivity index (χ3n) is 2.53. The lowest BCUT2D eigenvalue weighted by molar-refractivity contribution is 0.543. The maximum absolute atomic E-state index is 5.53. The molecule has 1 rings (SSSR count). The molecular weight excluding hydrogens is 186 g/mol. The van der Waals surface area contributed by atoms with E-state index in [9.17, 15) is 0 Å². The van der Waals surface area contributed by atoms with Gasteiger partial charge in [-0.3, -0.25) is 16.3 Å². The van der Waals surface area contributed by atoms with Gasteiger partial charge in [0.05, 0.1) is 6.04 Å². The topological polar surface area (TPSA) is 50.9 Å². The summed E-state index contributed by atoms with van der Waals surface area (Å²) in [5.74, 6) is 5.53. The number of hydrogen-bond acceptors (Lipinski definition) is 3. The summed E-state index contributed by atoms with van der Waals surface area (Å²) in [5.41, 5.74) is 6.12. The molecule has 0 saturated heterocycles. The average Bonchev–Trinajstić information content (AvgIpc) is 2.27. The quantitative estimate of drug-likeness (QED) is 0.440. The highest BCUT2D eigenvalue weighted by atomic mass is 15.2. The molecule has 0 aliphatic heterocycles. The molecule has 0 aliphatic carbocycles. The van der Waals surface area contributed by atoms with Crippen LogP contribution in [0.15, 0.2) is 30.5 Å². The molecule has 3 nitrogen and oxygen atoms in total. The zero-order valence-electron chi connectivity index (χ0n) is 9.46. The molecule has 3 N–H and O–H groups in total. The Labute approximate surface area is 91.4 Å². The van der Waals surface area contributed by atoms with Crippen molar-refractivity contribution in [1.29, 1.82) is 0 Å². The SMILES string of the molecule is C=C(CC)CC(NN)c1ccc(C)nc1. The lowest BCUT2D eigenvalue weighted by atomic mass is 10.0. The van der Waals surface area contributed by atoms with Crippen LogP contribution < -0.4 is 11.3 Å². The molecule has 1 unspecified atom stereocenters. The van der Waals surface area contributed by atoms with Crippen molar-refractivity contribution in [2.24, 2.45) is 5.84 Å². The Morgan fingerprint density at radius 1 is 1.60 bits per heavy atom. The summed E-state index contributed by atoms with van der Waals surface area (Å²) < 4.78 is 0. The molecule has 82 valence electrons. The predicted octanol–water partition coefficient (Wildman–Crippen LogP) is 2.25. The summed E-state index contributed by atoms with van der Waals surface area (Å²) >= 11 is 0. The molecule has 3 heteroatoms. The van der Waals surface area contributed by atoms with Crippen LogP contribution in [-0.2, 0) is 0 Å². The average molecular weight is 205 g/mol. The molecule has 1 heterocycles. The number of nitrogens with zero attached hydrogens (tertiary/aromatic N) is 1. The first-order chi connectivity index (χ1) is 7.17. The van der Waals surface area contributed by atoms with Gasteiger partial charge < -0.3 is 0 Å². The van der Waals surface area contributed by atoms with Gasteiger partial charge in [0.15, 0.2) is 0 Å². The van der Waals surface area contributed by atoms with Gasteiger partial charge in [0, 0.05) is 11.9 Å². The van der Waals surface area contributed by atoms with Gasteiger partial charge in [-0.25, -0.2) is 0 Å². The van der Waals surface area contributed by atoms with Crippen molar-refractivity contribution in [3.63, 3.8) is 0 Å². The number of aromatic nitrogens is 1. The molecule has 1 atom stereocenters. The van der Waals surface area contributed by atoms with Crippen LogP contribution >= 0.6 is 0 Å². The Hall–Kier alpha value is -1.19. The lowest BCUT2D eigenvalue weighted by Crippen LogP contribution is -2.28. The van der Waals surface area contributed by atoms with E-state index in [0.717, 1.165) is 24.1 Å². The zero-order chi connectivity index (χ0) is 11.3. The van der Waals surface area contributed by atoms with E-state index in [4.69, 9.17) is 5.84 Å². The van der Waals surface area contributed by atoms with Crippen LogP contribution in [0.4, 0.5) is 0 Å². The summed E-state index contributed by atoms with van der Waals surface area (Å²) in [6.45, 7) is 8.06. The standard InChI is InChI=1S/C12H19N3/c1-4-9(2)7-12(15-13)11-6-5-10(3)14-8-11/h5-6,8,12,15H,2,4,7,13H2,1,3H3. The minimum Gasteiger partial charge on any atom is -0.271 e. The van der Waals surface area contributed by atoms with Crippen LogP contribution in [0, 0.1) is 6.92 Å². The second kappa shape index (κ2) is 5.63. The number of hydrogen-bond donors (Lipinski definition) is 2. The molecule has 1 aromatic heterocycles. The molecule has 0 radical (unpaired) electrons. The van der Waals surface area contributed by atoms with Crippen LogP contribution in [0.5, 0.6) is 0 Å². The number of aryl methyl sites for hydroxylation is 1. The van der Waals surface area contributed by atoms with Gasteiger partial charge in [-0.15, -0.1) is 0 Å². The molecule has 0 spiro atoms. The van der Waals surface area contributed by atoms with E-state index < -0.39 is 0 Å². The van der Waals surface area contributed by atoms with Gasteiger partial charge in [0.1, 0.15) is 0 Å². The number of nitrogens with two attached hydrogens (primary N) is 1. The molecular formula is C12H19N3. The minimum absolute atomic E-state index is 0.116. The first kappa shape index (κ1) is 11.9. The van der Waals surface area contributed by atoms with E-state index in [0.29, 0.717) is 0 Å². The Morgan fingerprint density at radius 2 is 2.33 bits per heavy atom. The summed E-state index contributed by atoms with van der Waals surface area (Å²) in [7, 11) is 0. The molecule has 0 aliphatic rings. The van der Waals surface area contributed by atoms with E-state index in [2.05, 4.69) is 30.0 Å². The van der Waals surface area contributed by atoms with E-state index in [-0.39, 0.29) is 6.04 Å². The summed E-state index contributed by atoms with van der Waals surface area (Å²) in [4.78, 5) is 4.26. The van der Waals surface area contributed by atoms with E-state index >= 15 is 0 Å². The van der Waals surface area contributed by atoms with Crippen LogP contribution in [0.25, 0.3) is 0 Å². The first-order valence-corrected chi connectivity index (χ1v) is 5.22. The smallest absolute Gasteiger partial charge is 0.0512 e. The van der Waals surface area contributed by atoms with Gasteiger partial charge >= 0.3 is 0 Å². The fourth-order valence-electron chi connectivity index (χ4n) is 1.39. The van der Waals surface area contributed by atoms with Crippen molar-refractivity contribution in [2.75, 3.05) is 0 Å². The fourth-order valence-corrected chi connectivity index (χ4v) is 1.39. The Bertz CT molecular complexity index is 316. The van der Waals surface area contributed by atoms with Gasteiger partial charge in [-0.05, 0) is 31.4 Å². The molecule has 0 saturated carbocycles. The highest BCUT2D eigenvalue weighted by Crippen LogP contribution is 2.20. The minimum atomic E-state index is 0.116. The van der Waals surface area contributed by atoms with E-state index in [1.54, 1.807) is 0 Å². The highest BCUT2D eigenvalue weighted by molar-refractivity contribution is 5.19. The maximum Gasteiger partial charge on any atom is 0.0512 e. The highest BCUT2D eigenvalue weighted by Gasteiger charge is 2.10. The molecule has 1 aromatic rings. The van der Waals surface area contributed by atoms with Gasteiger partial charge in [0.2, 0.25) is 0 Å². The van der Waals surface area contributed by atoms with Crippen LogP contribution in [0.1, 0.15) is 37.1 Å². The second-order valence-electron chi connectivity index (χ2n) is 3.76. The number of hydrazine groups is 1. The summed E-state index contributed by atoms with van der Waals surface area (Å²) in [5, 5.41) is 0. The number of pyridine rings is 1. The van der Waals surface area contributed by atoms with Gasteiger partial charge in [-0.1, -0.05) is 25.1 Å². The van der Waals surface area contributed by atoms with Crippen LogP contribution in [0.3, 0.4) is 0 Å². The van der Waals surface area contributed by atoms with Crippen molar-refractivity contribution >= 4 is 0 Å². The Balaban J connectivity index is 2.74. The van der Waals surface area contributed by atoms with Crippen molar-refractivity contribution < 1.29 is 0 Å². The molecule has 0 bridgehead atoms. The van der Waals surface area contributed by atoms with Gasteiger partial charge in [-0.2, -0.15) is 0 Å². The summed E-state index contributed by atoms with van der Waals surface area (Å²) in [6, 6.07) is 4.16. The Morgan fingerprint density at radius 3 is 2.80 bits per heavy atom. The molecule has 15 heavy (non-hydrogen) atoms. The third kappa shape index (κ3) is 3.46. The summed E-state index contributed by atoms with van der Waals surface area (Å²) in [6.07, 6.45) is 3.71. The second-order valence-corrected chi connectivity index (χ2v) is 3.76. The van der Waals surface area contributed by atoms with Crippen molar-refractivity contribution in [3.05, 3.63) is 41.7 Å². The number of nitrogens with one attached hydrogen (secondary N) is 1. The van der Waals surface area contributed by atoms with Crippen molar-refractivity contribution in [1.82, 2.24) is 10.4 Å². The predicted molar refractivity (Wildman–Crippen MR) is 63.1 cm³/mol. The molecule has 0 amide bonds. The monoisotopic (exact) mass is 205 g/mol. The maximum atomic E-state index is 5.53.